The van der Waals surface area contributed by atoms with Crippen molar-refractivity contribution in [3.8, 4) is 22.8 Å². The maximum absolute atomic E-state index is 11.3. The molecule has 0 aliphatic rings. The number of nitrogens with one attached hydrogen (secondary N) is 1. The van der Waals surface area contributed by atoms with Crippen molar-refractivity contribution in [2.75, 3.05) is 20.3 Å². The summed E-state index contributed by atoms with van der Waals surface area (Å²) in [5.41, 5.74) is 3.65. The van der Waals surface area contributed by atoms with Gasteiger partial charge in [0.1, 0.15) is 0 Å². The molecule has 0 saturated heterocycles. The largest absolute Gasteiger partial charge is 0.493 e. The lowest BCUT2D eigenvalue weighted by Gasteiger charge is -2.12. The van der Waals surface area contributed by atoms with Gasteiger partial charge in [0, 0.05) is 27.7 Å². The van der Waals surface area contributed by atoms with E-state index in [0.717, 1.165) is 54.0 Å². The van der Waals surface area contributed by atoms with Gasteiger partial charge in [-0.25, -0.2) is 4.79 Å². The van der Waals surface area contributed by atoms with Crippen LogP contribution in [0.1, 0.15) is 32.6 Å². The van der Waals surface area contributed by atoms with Gasteiger partial charge in [0.05, 0.1) is 20.3 Å². The standard InChI is InChI=1S/C25H29NO4/c1-18(2)25(27)30-15-9-5-4-8-14-29-23-13-12-20(17-24(23)28-3)22-16-19-10-6-7-11-21(19)26-22/h6-7,10-13,16-17,26H,1,4-5,8-9,14-15H2,2-3H3. The van der Waals surface area contributed by atoms with E-state index in [0.29, 0.717) is 18.8 Å². The topological polar surface area (TPSA) is 60.5 Å². The first-order valence-corrected chi connectivity index (χ1v) is 10.3. The van der Waals surface area contributed by atoms with Gasteiger partial charge < -0.3 is 19.2 Å². The Hall–Kier alpha value is -3.21. The number of hydrogen-bond acceptors (Lipinski definition) is 4. The number of carbonyl (C=O) groups excluding carboxylic acids is 1. The van der Waals surface area contributed by atoms with Crippen LogP contribution >= 0.6 is 0 Å². The molecular weight excluding hydrogens is 378 g/mol. The summed E-state index contributed by atoms with van der Waals surface area (Å²) in [4.78, 5) is 14.7. The first-order chi connectivity index (χ1) is 14.6. The van der Waals surface area contributed by atoms with Crippen molar-refractivity contribution in [1.29, 1.82) is 0 Å². The Labute approximate surface area is 177 Å². The number of H-pyrrole nitrogens is 1. The Balaban J connectivity index is 1.46. The van der Waals surface area contributed by atoms with Gasteiger partial charge in [-0.3, -0.25) is 0 Å². The summed E-state index contributed by atoms with van der Waals surface area (Å²) < 4.78 is 16.5. The summed E-state index contributed by atoms with van der Waals surface area (Å²) >= 11 is 0. The van der Waals surface area contributed by atoms with Crippen LogP contribution in [0.5, 0.6) is 11.5 Å². The molecule has 0 spiro atoms. The Morgan fingerprint density at radius 3 is 2.47 bits per heavy atom. The predicted octanol–water partition coefficient (Wildman–Crippen LogP) is 5.90. The molecule has 1 aromatic heterocycles. The number of para-hydroxylation sites is 1. The van der Waals surface area contributed by atoms with Crippen molar-refractivity contribution in [3.05, 3.63) is 60.7 Å². The second-order valence-corrected chi connectivity index (χ2v) is 7.31. The van der Waals surface area contributed by atoms with Gasteiger partial charge >= 0.3 is 5.97 Å². The van der Waals surface area contributed by atoms with Gasteiger partial charge in [-0.1, -0.05) is 24.8 Å². The lowest BCUT2D eigenvalue weighted by molar-refractivity contribution is -0.139. The molecule has 0 aliphatic carbocycles. The third kappa shape index (κ3) is 5.66. The fourth-order valence-corrected chi connectivity index (χ4v) is 3.21. The number of methoxy groups -OCH3 is 1. The summed E-state index contributed by atoms with van der Waals surface area (Å²) in [6.45, 7) is 6.28. The number of rotatable bonds is 11. The van der Waals surface area contributed by atoms with E-state index >= 15 is 0 Å². The van der Waals surface area contributed by atoms with Gasteiger partial charge in [0.15, 0.2) is 11.5 Å². The number of fused-ring (bicyclic) bond motifs is 1. The monoisotopic (exact) mass is 407 g/mol. The molecule has 3 aromatic rings. The number of benzene rings is 2. The van der Waals surface area contributed by atoms with E-state index in [4.69, 9.17) is 14.2 Å². The fraction of sp³-hybridized carbons (Fsp3) is 0.320. The molecule has 0 radical (unpaired) electrons. The van der Waals surface area contributed by atoms with Crippen LogP contribution in [-0.4, -0.2) is 31.3 Å². The highest BCUT2D eigenvalue weighted by Crippen LogP contribution is 2.33. The molecule has 30 heavy (non-hydrogen) atoms. The summed E-state index contributed by atoms with van der Waals surface area (Å²) in [6.07, 6.45) is 3.78. The van der Waals surface area contributed by atoms with E-state index in [1.807, 2.05) is 30.3 Å². The average Bonchev–Trinajstić information content (AvgIpc) is 3.19. The van der Waals surface area contributed by atoms with E-state index in [2.05, 4.69) is 29.8 Å². The second kappa shape index (κ2) is 10.5. The minimum absolute atomic E-state index is 0.318. The Morgan fingerprint density at radius 1 is 0.967 bits per heavy atom. The zero-order chi connectivity index (χ0) is 21.3. The molecule has 158 valence electrons. The summed E-state index contributed by atoms with van der Waals surface area (Å²) in [5, 5.41) is 1.18. The van der Waals surface area contributed by atoms with Crippen LogP contribution in [0.2, 0.25) is 0 Å². The molecule has 0 fully saturated rings. The Morgan fingerprint density at radius 2 is 1.73 bits per heavy atom. The maximum atomic E-state index is 11.3. The number of ether oxygens (including phenoxy) is 3. The average molecular weight is 408 g/mol. The molecule has 5 nitrogen and oxygen atoms in total. The van der Waals surface area contributed by atoms with Crippen molar-refractivity contribution in [3.63, 3.8) is 0 Å². The highest BCUT2D eigenvalue weighted by Gasteiger charge is 2.09. The number of hydrogen-bond donors (Lipinski definition) is 1. The van der Waals surface area contributed by atoms with Crippen LogP contribution in [0.15, 0.2) is 60.7 Å². The zero-order valence-corrected chi connectivity index (χ0v) is 17.7. The van der Waals surface area contributed by atoms with Crippen LogP contribution in [0, 0.1) is 0 Å². The maximum Gasteiger partial charge on any atom is 0.333 e. The van der Waals surface area contributed by atoms with E-state index in [-0.39, 0.29) is 5.97 Å². The van der Waals surface area contributed by atoms with Gasteiger partial charge in [0.25, 0.3) is 0 Å². The molecular formula is C25H29NO4. The minimum atomic E-state index is -0.318. The molecule has 5 heteroatoms. The summed E-state index contributed by atoms with van der Waals surface area (Å²) in [5.74, 6) is 1.15. The first kappa shape index (κ1) is 21.5. The Kier molecular flexibility index (Phi) is 7.55. The number of aromatic nitrogens is 1. The molecule has 1 heterocycles. The number of carbonyl (C=O) groups is 1. The van der Waals surface area contributed by atoms with Gasteiger partial charge in [-0.15, -0.1) is 0 Å². The van der Waals surface area contributed by atoms with Crippen LogP contribution in [-0.2, 0) is 9.53 Å². The molecule has 2 aromatic carbocycles. The van der Waals surface area contributed by atoms with Crippen molar-refractivity contribution in [2.24, 2.45) is 0 Å². The summed E-state index contributed by atoms with van der Waals surface area (Å²) in [6, 6.07) is 16.3. The normalized spacial score (nSPS) is 10.7. The number of esters is 1. The molecule has 1 N–H and O–H groups in total. The first-order valence-electron chi connectivity index (χ1n) is 10.3. The van der Waals surface area contributed by atoms with E-state index < -0.39 is 0 Å². The smallest absolute Gasteiger partial charge is 0.333 e. The van der Waals surface area contributed by atoms with Crippen molar-refractivity contribution >= 4 is 16.9 Å². The van der Waals surface area contributed by atoms with Crippen molar-refractivity contribution < 1.29 is 19.0 Å². The van der Waals surface area contributed by atoms with Crippen LogP contribution < -0.4 is 9.47 Å². The second-order valence-electron chi connectivity index (χ2n) is 7.31. The molecule has 0 aliphatic heterocycles. The molecule has 0 unspecified atom stereocenters. The molecule has 0 bridgehead atoms. The van der Waals surface area contributed by atoms with Crippen molar-refractivity contribution in [2.45, 2.75) is 32.6 Å². The number of aromatic amines is 1. The predicted molar refractivity (Wildman–Crippen MR) is 120 cm³/mol. The molecule has 0 amide bonds. The molecule has 0 atom stereocenters. The quantitative estimate of drug-likeness (QED) is 0.244. The highest BCUT2D eigenvalue weighted by atomic mass is 16.5. The van der Waals surface area contributed by atoms with Crippen LogP contribution in [0.3, 0.4) is 0 Å². The third-order valence-electron chi connectivity index (χ3n) is 4.88. The van der Waals surface area contributed by atoms with E-state index in [1.54, 1.807) is 14.0 Å². The Bertz CT molecular complexity index is 972. The van der Waals surface area contributed by atoms with Crippen LogP contribution in [0.4, 0.5) is 0 Å². The SMILES string of the molecule is C=C(C)C(=O)OCCCCCCOc1ccc(-c2cc3ccccc3[nH]2)cc1OC. The van der Waals surface area contributed by atoms with Gasteiger partial charge in [-0.2, -0.15) is 0 Å². The van der Waals surface area contributed by atoms with Crippen LogP contribution in [0.25, 0.3) is 22.2 Å². The highest BCUT2D eigenvalue weighted by molar-refractivity contribution is 5.87. The lowest BCUT2D eigenvalue weighted by Crippen LogP contribution is -2.06. The lowest BCUT2D eigenvalue weighted by atomic mass is 10.1. The van der Waals surface area contributed by atoms with Gasteiger partial charge in [-0.05, 0) is 62.9 Å². The third-order valence-corrected chi connectivity index (χ3v) is 4.88. The zero-order valence-electron chi connectivity index (χ0n) is 17.7. The number of unbranched alkanes of at least 4 members (excludes halogenated alkanes) is 3. The fourth-order valence-electron chi connectivity index (χ4n) is 3.21. The van der Waals surface area contributed by atoms with E-state index in [1.165, 1.54) is 5.39 Å². The molecule has 0 saturated carbocycles. The minimum Gasteiger partial charge on any atom is -0.493 e. The van der Waals surface area contributed by atoms with E-state index in [9.17, 15) is 4.79 Å². The summed E-state index contributed by atoms with van der Waals surface area (Å²) in [7, 11) is 1.66. The molecule has 3 rings (SSSR count). The van der Waals surface area contributed by atoms with Gasteiger partial charge in [0.2, 0.25) is 0 Å². The van der Waals surface area contributed by atoms with Crippen molar-refractivity contribution in [1.82, 2.24) is 4.98 Å².